The second kappa shape index (κ2) is 3.51. The van der Waals surface area contributed by atoms with Gasteiger partial charge < -0.3 is 0 Å². The average molecular weight is 150 g/mol. The van der Waals surface area contributed by atoms with Crippen LogP contribution in [0.25, 0.3) is 0 Å². The lowest BCUT2D eigenvalue weighted by molar-refractivity contribution is -0.104. The molecule has 0 bridgehead atoms. The van der Waals surface area contributed by atoms with Crippen LogP contribution in [0.15, 0.2) is 23.3 Å². The van der Waals surface area contributed by atoms with Crippen molar-refractivity contribution in [3.8, 4) is 0 Å². The minimum atomic E-state index is 0.870. The molecule has 1 heteroatoms. The van der Waals surface area contributed by atoms with Crippen molar-refractivity contribution in [2.24, 2.45) is 0 Å². The lowest BCUT2D eigenvalue weighted by Gasteiger charge is -2.17. The van der Waals surface area contributed by atoms with Crippen LogP contribution >= 0.6 is 0 Å². The van der Waals surface area contributed by atoms with E-state index in [4.69, 9.17) is 0 Å². The van der Waals surface area contributed by atoms with E-state index in [1.54, 1.807) is 0 Å². The summed E-state index contributed by atoms with van der Waals surface area (Å²) in [4.78, 5) is 10.5. The van der Waals surface area contributed by atoms with E-state index in [-0.39, 0.29) is 0 Å². The topological polar surface area (TPSA) is 17.1 Å². The van der Waals surface area contributed by atoms with E-state index >= 15 is 0 Å². The van der Waals surface area contributed by atoms with Crippen LogP contribution in [-0.2, 0) is 4.79 Å². The maximum atomic E-state index is 10.5. The summed E-state index contributed by atoms with van der Waals surface area (Å²) in [6.07, 6.45) is 5.49. The molecule has 1 fully saturated rings. The first-order valence-electron chi connectivity index (χ1n) is 4.09. The van der Waals surface area contributed by atoms with Crippen molar-refractivity contribution in [3.05, 3.63) is 23.3 Å². The molecule has 0 aromatic heterocycles. The van der Waals surface area contributed by atoms with Crippen molar-refractivity contribution in [2.75, 3.05) is 0 Å². The van der Waals surface area contributed by atoms with E-state index < -0.39 is 0 Å². The molecular formula is C10H14O. The van der Waals surface area contributed by atoms with E-state index in [9.17, 15) is 4.79 Å². The van der Waals surface area contributed by atoms with Crippen molar-refractivity contribution in [2.45, 2.75) is 32.6 Å². The van der Waals surface area contributed by atoms with Gasteiger partial charge in [-0.3, -0.25) is 4.79 Å². The molecule has 0 spiro atoms. The zero-order valence-electron chi connectivity index (χ0n) is 7.02. The van der Waals surface area contributed by atoms with Crippen LogP contribution in [0.2, 0.25) is 0 Å². The molecule has 1 rings (SSSR count). The maximum absolute atomic E-state index is 10.5. The summed E-state index contributed by atoms with van der Waals surface area (Å²) in [5.74, 6) is 0. The Morgan fingerprint density at radius 1 is 1.45 bits per heavy atom. The van der Waals surface area contributed by atoms with Crippen molar-refractivity contribution in [1.82, 2.24) is 0 Å². The molecule has 1 saturated carbocycles. The van der Waals surface area contributed by atoms with Crippen molar-refractivity contribution in [3.63, 3.8) is 0 Å². The number of carbonyl (C=O) groups is 1. The summed E-state index contributed by atoms with van der Waals surface area (Å²) in [5.41, 5.74) is 3.24. The van der Waals surface area contributed by atoms with E-state index in [1.165, 1.54) is 24.0 Å². The van der Waals surface area contributed by atoms with Gasteiger partial charge in [-0.25, -0.2) is 0 Å². The normalized spacial score (nSPS) is 23.2. The first kappa shape index (κ1) is 8.25. The van der Waals surface area contributed by atoms with Crippen LogP contribution in [0.1, 0.15) is 32.6 Å². The van der Waals surface area contributed by atoms with Gasteiger partial charge in [-0.1, -0.05) is 12.2 Å². The van der Waals surface area contributed by atoms with Crippen LogP contribution in [0.4, 0.5) is 0 Å². The third-order valence-corrected chi connectivity index (χ3v) is 2.23. The van der Waals surface area contributed by atoms with Gasteiger partial charge in [-0.2, -0.15) is 0 Å². The summed E-state index contributed by atoms with van der Waals surface area (Å²) >= 11 is 0. The highest BCUT2D eigenvalue weighted by Gasteiger charge is 2.11. The van der Waals surface area contributed by atoms with E-state index in [0.717, 1.165) is 24.7 Å². The lowest BCUT2D eigenvalue weighted by atomic mass is 9.88. The van der Waals surface area contributed by atoms with Gasteiger partial charge in [0.25, 0.3) is 0 Å². The van der Waals surface area contributed by atoms with Crippen LogP contribution in [0, 0.1) is 0 Å². The molecular weight excluding hydrogens is 136 g/mol. The minimum absolute atomic E-state index is 0.870. The van der Waals surface area contributed by atoms with Crippen LogP contribution in [0.3, 0.4) is 0 Å². The summed E-state index contributed by atoms with van der Waals surface area (Å²) in [6, 6.07) is 0. The Kier molecular flexibility index (Phi) is 2.64. The Balaban J connectivity index is 2.83. The average Bonchev–Trinajstić information content (AvgIpc) is 2.04. The molecule has 11 heavy (non-hydrogen) atoms. The highest BCUT2D eigenvalue weighted by molar-refractivity contribution is 5.75. The van der Waals surface area contributed by atoms with Gasteiger partial charge in [0.15, 0.2) is 0 Å². The van der Waals surface area contributed by atoms with Crippen molar-refractivity contribution in [1.29, 1.82) is 0 Å². The predicted molar refractivity (Wildman–Crippen MR) is 46.4 cm³/mol. The van der Waals surface area contributed by atoms with Gasteiger partial charge in [-0.15, -0.1) is 0 Å². The molecule has 1 aliphatic rings. The molecule has 0 amide bonds. The first-order valence-corrected chi connectivity index (χ1v) is 4.09. The van der Waals surface area contributed by atoms with E-state index in [0.29, 0.717) is 0 Å². The Bertz CT molecular complexity index is 211. The molecule has 0 unspecified atom stereocenters. The molecule has 60 valence electrons. The Labute approximate surface area is 67.8 Å². The van der Waals surface area contributed by atoms with E-state index in [2.05, 4.69) is 6.58 Å². The Hall–Kier alpha value is -0.850. The monoisotopic (exact) mass is 150 g/mol. The van der Waals surface area contributed by atoms with Gasteiger partial charge in [0.05, 0.1) is 0 Å². The molecule has 1 aliphatic carbocycles. The number of carbonyl (C=O) groups excluding carboxylic acids is 1. The molecule has 0 aromatic rings. The van der Waals surface area contributed by atoms with Crippen LogP contribution < -0.4 is 0 Å². The fourth-order valence-electron chi connectivity index (χ4n) is 1.51. The molecule has 0 saturated heterocycles. The van der Waals surface area contributed by atoms with Gasteiger partial charge in [0, 0.05) is 0 Å². The second-order valence-electron chi connectivity index (χ2n) is 3.09. The third-order valence-electron chi connectivity index (χ3n) is 2.23. The van der Waals surface area contributed by atoms with Gasteiger partial charge in [-0.05, 0) is 43.8 Å². The van der Waals surface area contributed by atoms with Crippen LogP contribution in [0.5, 0.6) is 0 Å². The smallest absolute Gasteiger partial charge is 0.146 e. The first-order chi connectivity index (χ1) is 5.25. The zero-order chi connectivity index (χ0) is 8.27. The highest BCUT2D eigenvalue weighted by atomic mass is 16.1. The Morgan fingerprint density at radius 3 is 2.64 bits per heavy atom. The molecule has 1 nitrogen and oxygen atoms in total. The number of aldehydes is 1. The van der Waals surface area contributed by atoms with Crippen molar-refractivity contribution >= 4 is 6.29 Å². The largest absolute Gasteiger partial charge is 0.298 e. The SMILES string of the molecule is C=C1CCCC/C1=C(/C)C=O. The molecule has 0 radical (unpaired) electrons. The number of rotatable bonds is 1. The highest BCUT2D eigenvalue weighted by Crippen LogP contribution is 2.28. The molecule has 0 aromatic carbocycles. The maximum Gasteiger partial charge on any atom is 0.146 e. The van der Waals surface area contributed by atoms with Crippen LogP contribution in [-0.4, -0.2) is 6.29 Å². The summed E-state index contributed by atoms with van der Waals surface area (Å²) in [5, 5.41) is 0. The molecule has 0 atom stereocenters. The molecule has 0 aliphatic heterocycles. The fourth-order valence-corrected chi connectivity index (χ4v) is 1.51. The molecule has 0 N–H and O–H groups in total. The number of hydrogen-bond donors (Lipinski definition) is 0. The standard InChI is InChI=1S/C10H14O/c1-8-5-3-4-6-10(8)9(2)7-11/h7H,1,3-6H2,2H3/b10-9+. The van der Waals surface area contributed by atoms with Gasteiger partial charge in [0.2, 0.25) is 0 Å². The Morgan fingerprint density at radius 2 is 2.09 bits per heavy atom. The summed E-state index contributed by atoms with van der Waals surface area (Å²) in [7, 11) is 0. The quantitative estimate of drug-likeness (QED) is 0.415. The lowest BCUT2D eigenvalue weighted by Crippen LogP contribution is -2.00. The minimum Gasteiger partial charge on any atom is -0.298 e. The van der Waals surface area contributed by atoms with E-state index in [1.807, 2.05) is 6.92 Å². The number of allylic oxidation sites excluding steroid dienone is 3. The third kappa shape index (κ3) is 1.79. The fraction of sp³-hybridized carbons (Fsp3) is 0.500. The van der Waals surface area contributed by atoms with Crippen molar-refractivity contribution < 1.29 is 4.79 Å². The number of hydrogen-bond acceptors (Lipinski definition) is 1. The summed E-state index contributed by atoms with van der Waals surface area (Å²) < 4.78 is 0. The second-order valence-corrected chi connectivity index (χ2v) is 3.09. The van der Waals surface area contributed by atoms with Gasteiger partial charge >= 0.3 is 0 Å². The molecule has 0 heterocycles. The van der Waals surface area contributed by atoms with Gasteiger partial charge in [0.1, 0.15) is 6.29 Å². The summed E-state index contributed by atoms with van der Waals surface area (Å²) in [6.45, 7) is 5.82. The predicted octanol–water partition coefficient (Wildman–Crippen LogP) is 2.63. The zero-order valence-corrected chi connectivity index (χ0v) is 7.02.